The number of halogens is 1. The highest BCUT2D eigenvalue weighted by atomic mass is 35.7. The van der Waals surface area contributed by atoms with Gasteiger partial charge in [-0.1, -0.05) is 13.8 Å². The van der Waals surface area contributed by atoms with Crippen LogP contribution in [-0.4, -0.2) is 25.4 Å². The molecule has 0 aromatic carbocycles. The summed E-state index contributed by atoms with van der Waals surface area (Å²) in [6.45, 7) is 6.03. The zero-order valence-corrected chi connectivity index (χ0v) is 12.1. The van der Waals surface area contributed by atoms with Gasteiger partial charge in [0.25, 0.3) is 15.0 Å². The van der Waals surface area contributed by atoms with Crippen LogP contribution in [0.5, 0.6) is 0 Å². The summed E-state index contributed by atoms with van der Waals surface area (Å²) in [7, 11) is 1.37. The highest BCUT2D eigenvalue weighted by molar-refractivity contribution is 8.13. The quantitative estimate of drug-likeness (QED) is 0.816. The van der Waals surface area contributed by atoms with E-state index in [4.69, 9.17) is 10.7 Å². The van der Waals surface area contributed by atoms with Crippen molar-refractivity contribution in [2.24, 2.45) is 5.92 Å². The first-order valence-corrected chi connectivity index (χ1v) is 7.95. The summed E-state index contributed by atoms with van der Waals surface area (Å²) in [5, 5.41) is 2.78. The van der Waals surface area contributed by atoms with Crippen molar-refractivity contribution in [1.29, 1.82) is 0 Å². The van der Waals surface area contributed by atoms with Crippen LogP contribution in [0.25, 0.3) is 0 Å². The maximum atomic E-state index is 11.8. The molecular weight excluding hydrogens is 276 g/mol. The minimum atomic E-state index is -3.80. The topological polar surface area (TPSA) is 79.0 Å². The summed E-state index contributed by atoms with van der Waals surface area (Å²) in [5.74, 6) is 0.137. The number of hydrogen-bond acceptors (Lipinski definition) is 3. The largest absolute Gasteiger partial charge is 0.356 e. The molecule has 5 nitrogen and oxygen atoms in total. The lowest BCUT2D eigenvalue weighted by molar-refractivity contribution is 0.0931. The van der Waals surface area contributed by atoms with Gasteiger partial charge in [0, 0.05) is 22.9 Å². The van der Waals surface area contributed by atoms with Crippen LogP contribution in [0.1, 0.15) is 37.7 Å². The third kappa shape index (κ3) is 4.34. The molecule has 7 heteroatoms. The SMILES string of the molecule is CC(C)CC(C)NC(=O)c1cc(S(=O)(=O)Cl)c[nH]1. The molecule has 0 aliphatic carbocycles. The molecule has 1 heterocycles. The van der Waals surface area contributed by atoms with Crippen LogP contribution in [0.4, 0.5) is 0 Å². The zero-order chi connectivity index (χ0) is 13.9. The van der Waals surface area contributed by atoms with Gasteiger partial charge in [0.2, 0.25) is 0 Å². The monoisotopic (exact) mass is 292 g/mol. The fourth-order valence-electron chi connectivity index (χ4n) is 1.71. The van der Waals surface area contributed by atoms with Crippen molar-refractivity contribution in [3.63, 3.8) is 0 Å². The second kappa shape index (κ2) is 5.75. The number of H-pyrrole nitrogens is 1. The van der Waals surface area contributed by atoms with E-state index in [1.807, 2.05) is 6.92 Å². The van der Waals surface area contributed by atoms with Gasteiger partial charge in [-0.3, -0.25) is 4.79 Å². The molecule has 18 heavy (non-hydrogen) atoms. The number of rotatable bonds is 5. The van der Waals surface area contributed by atoms with Crippen LogP contribution in [0.3, 0.4) is 0 Å². The van der Waals surface area contributed by atoms with Crippen LogP contribution in [0.15, 0.2) is 17.2 Å². The van der Waals surface area contributed by atoms with E-state index in [0.717, 1.165) is 6.42 Å². The lowest BCUT2D eigenvalue weighted by Crippen LogP contribution is -2.33. The van der Waals surface area contributed by atoms with E-state index in [9.17, 15) is 13.2 Å². The first kappa shape index (κ1) is 15.0. The molecule has 0 radical (unpaired) electrons. The van der Waals surface area contributed by atoms with Crippen molar-refractivity contribution in [3.05, 3.63) is 18.0 Å². The molecule has 0 aliphatic heterocycles. The van der Waals surface area contributed by atoms with E-state index in [0.29, 0.717) is 5.92 Å². The third-order valence-corrected chi connectivity index (χ3v) is 3.72. The Morgan fingerprint density at radius 1 is 1.44 bits per heavy atom. The van der Waals surface area contributed by atoms with Gasteiger partial charge in [0.05, 0.1) is 0 Å². The van der Waals surface area contributed by atoms with Gasteiger partial charge in [0.15, 0.2) is 0 Å². The van der Waals surface area contributed by atoms with Crippen molar-refractivity contribution in [3.8, 4) is 0 Å². The molecule has 0 saturated heterocycles. The van der Waals surface area contributed by atoms with Crippen molar-refractivity contribution in [1.82, 2.24) is 10.3 Å². The molecule has 1 aromatic heterocycles. The molecule has 0 aliphatic rings. The van der Waals surface area contributed by atoms with E-state index >= 15 is 0 Å². The fraction of sp³-hybridized carbons (Fsp3) is 0.545. The van der Waals surface area contributed by atoms with Gasteiger partial charge in [-0.05, 0) is 25.3 Å². The molecule has 0 spiro atoms. The van der Waals surface area contributed by atoms with Crippen molar-refractivity contribution >= 4 is 25.6 Å². The maximum Gasteiger partial charge on any atom is 0.267 e. The molecule has 0 bridgehead atoms. The molecule has 0 fully saturated rings. The van der Waals surface area contributed by atoms with Crippen LogP contribution >= 0.6 is 10.7 Å². The molecule has 102 valence electrons. The summed E-state index contributed by atoms with van der Waals surface area (Å²) in [4.78, 5) is 14.3. The molecule has 1 aromatic rings. The normalized spacial score (nSPS) is 13.6. The Labute approximate surface area is 111 Å². The fourth-order valence-corrected chi connectivity index (χ4v) is 2.44. The van der Waals surface area contributed by atoms with Crippen LogP contribution in [0, 0.1) is 5.92 Å². The lowest BCUT2D eigenvalue weighted by atomic mass is 10.1. The van der Waals surface area contributed by atoms with Gasteiger partial charge in [-0.15, -0.1) is 0 Å². The highest BCUT2D eigenvalue weighted by Gasteiger charge is 2.17. The Hall–Kier alpha value is -1.01. The van der Waals surface area contributed by atoms with E-state index in [-0.39, 0.29) is 22.5 Å². The van der Waals surface area contributed by atoms with Crippen molar-refractivity contribution in [2.45, 2.75) is 38.1 Å². The number of nitrogens with one attached hydrogen (secondary N) is 2. The second-order valence-corrected chi connectivity index (χ2v) is 7.26. The number of carbonyl (C=O) groups excluding carboxylic acids is 1. The number of aromatic amines is 1. The Kier molecular flexibility index (Phi) is 4.81. The minimum absolute atomic E-state index is 0.0249. The van der Waals surface area contributed by atoms with E-state index in [2.05, 4.69) is 24.1 Å². The molecule has 1 amide bonds. The Morgan fingerprint density at radius 3 is 2.50 bits per heavy atom. The minimum Gasteiger partial charge on any atom is -0.356 e. The van der Waals surface area contributed by atoms with Crippen LogP contribution < -0.4 is 5.32 Å². The Balaban J connectivity index is 2.71. The molecule has 1 rings (SSSR count). The van der Waals surface area contributed by atoms with Crippen LogP contribution in [-0.2, 0) is 9.05 Å². The predicted molar refractivity (Wildman–Crippen MR) is 70.2 cm³/mol. The second-order valence-electron chi connectivity index (χ2n) is 4.69. The summed E-state index contributed by atoms with van der Waals surface area (Å²) in [6, 6.07) is 1.25. The Morgan fingerprint density at radius 2 is 2.06 bits per heavy atom. The summed E-state index contributed by atoms with van der Waals surface area (Å²) in [6.07, 6.45) is 2.05. The van der Waals surface area contributed by atoms with E-state index in [1.54, 1.807) is 0 Å². The summed E-state index contributed by atoms with van der Waals surface area (Å²) >= 11 is 0. The molecule has 1 unspecified atom stereocenters. The zero-order valence-electron chi connectivity index (χ0n) is 10.5. The third-order valence-electron chi connectivity index (χ3n) is 2.39. The number of aromatic nitrogens is 1. The van der Waals surface area contributed by atoms with Crippen LogP contribution in [0.2, 0.25) is 0 Å². The molecule has 1 atom stereocenters. The Bertz CT molecular complexity index is 522. The van der Waals surface area contributed by atoms with Gasteiger partial charge in [-0.2, -0.15) is 0 Å². The number of carbonyl (C=O) groups is 1. The van der Waals surface area contributed by atoms with Gasteiger partial charge in [0.1, 0.15) is 10.6 Å². The summed E-state index contributed by atoms with van der Waals surface area (Å²) < 4.78 is 22.1. The molecule has 0 saturated carbocycles. The standard InChI is InChI=1S/C11H17ClN2O3S/c1-7(2)4-8(3)14-11(15)10-5-9(6-13-10)18(12,16)17/h5-8,13H,4H2,1-3H3,(H,14,15). The van der Waals surface area contributed by atoms with Crippen molar-refractivity contribution in [2.75, 3.05) is 0 Å². The van der Waals surface area contributed by atoms with E-state index in [1.165, 1.54) is 12.3 Å². The maximum absolute atomic E-state index is 11.8. The predicted octanol–water partition coefficient (Wildman–Crippen LogP) is 2.11. The average molecular weight is 293 g/mol. The van der Waals surface area contributed by atoms with Gasteiger partial charge >= 0.3 is 0 Å². The smallest absolute Gasteiger partial charge is 0.267 e. The average Bonchev–Trinajstić information content (AvgIpc) is 2.63. The number of amides is 1. The van der Waals surface area contributed by atoms with E-state index < -0.39 is 9.05 Å². The van der Waals surface area contributed by atoms with Gasteiger partial charge in [-0.25, -0.2) is 8.42 Å². The number of hydrogen-bond donors (Lipinski definition) is 2. The van der Waals surface area contributed by atoms with Gasteiger partial charge < -0.3 is 10.3 Å². The highest BCUT2D eigenvalue weighted by Crippen LogP contribution is 2.15. The first-order valence-electron chi connectivity index (χ1n) is 5.64. The summed E-state index contributed by atoms with van der Waals surface area (Å²) in [5.41, 5.74) is 0.185. The van der Waals surface area contributed by atoms with Crippen molar-refractivity contribution < 1.29 is 13.2 Å². The molecular formula is C11H17ClN2O3S. The lowest BCUT2D eigenvalue weighted by Gasteiger charge is -2.15. The molecule has 2 N–H and O–H groups in total. The first-order chi connectivity index (χ1) is 8.20.